The smallest absolute Gasteiger partial charge is 0.475 e. The zero-order valence-corrected chi connectivity index (χ0v) is 17.6. The van der Waals surface area contributed by atoms with E-state index in [-0.39, 0.29) is 18.6 Å². The maximum absolute atomic E-state index is 12.8. The molecule has 2 aliphatic heterocycles. The van der Waals surface area contributed by atoms with Gasteiger partial charge < -0.3 is 15.2 Å². The highest BCUT2D eigenvalue weighted by Gasteiger charge is 2.54. The Labute approximate surface area is 177 Å². The maximum Gasteiger partial charge on any atom is 0.490 e. The standard InChI is InChI=1S/C16H23N3O4S.C2HF3O2/c1-24(21,22)19-10-6-14-16(12-19,7-11-23-14)15(20)18-9-5-13-4-2-3-8-17-13;3-2(4,5)1(6)7/h2-4,8,14H,5-7,9-12H2,1H3,(H,18,20);(H,6,7)/t14-,16-;/m1./s1. The number of amides is 1. The highest BCUT2D eigenvalue weighted by atomic mass is 32.2. The van der Waals surface area contributed by atoms with Gasteiger partial charge in [0, 0.05) is 44.6 Å². The Morgan fingerprint density at radius 3 is 2.61 bits per heavy atom. The Morgan fingerprint density at radius 2 is 2.06 bits per heavy atom. The van der Waals surface area contributed by atoms with Crippen LogP contribution < -0.4 is 5.32 Å². The molecule has 1 amide bonds. The van der Waals surface area contributed by atoms with Gasteiger partial charge in [0.15, 0.2) is 0 Å². The van der Waals surface area contributed by atoms with Crippen LogP contribution in [0.3, 0.4) is 0 Å². The number of nitrogens with zero attached hydrogens (tertiary/aromatic N) is 2. The molecule has 0 saturated carbocycles. The number of aromatic nitrogens is 1. The van der Waals surface area contributed by atoms with Crippen LogP contribution >= 0.6 is 0 Å². The molecule has 3 rings (SSSR count). The first-order valence-electron chi connectivity index (χ1n) is 9.41. The van der Waals surface area contributed by atoms with Crippen molar-refractivity contribution in [2.24, 2.45) is 5.41 Å². The Hall–Kier alpha value is -2.25. The van der Waals surface area contributed by atoms with Gasteiger partial charge in [0.25, 0.3) is 0 Å². The number of aliphatic carboxylic acids is 1. The van der Waals surface area contributed by atoms with Crippen LogP contribution in [0.5, 0.6) is 0 Å². The summed E-state index contributed by atoms with van der Waals surface area (Å²) in [5.41, 5.74) is 0.141. The third-order valence-corrected chi connectivity index (χ3v) is 6.39. The van der Waals surface area contributed by atoms with Gasteiger partial charge in [0.1, 0.15) is 0 Å². The molecule has 2 atom stereocenters. The summed E-state index contributed by atoms with van der Waals surface area (Å²) in [4.78, 5) is 26.0. The van der Waals surface area contributed by atoms with E-state index >= 15 is 0 Å². The van der Waals surface area contributed by atoms with Crippen molar-refractivity contribution in [1.82, 2.24) is 14.6 Å². The van der Waals surface area contributed by atoms with Gasteiger partial charge in [-0.3, -0.25) is 9.78 Å². The minimum absolute atomic E-state index is 0.116. The van der Waals surface area contributed by atoms with Crippen molar-refractivity contribution in [1.29, 1.82) is 0 Å². The second-order valence-corrected chi connectivity index (χ2v) is 9.26. The van der Waals surface area contributed by atoms with E-state index in [2.05, 4.69) is 10.3 Å². The molecule has 2 aliphatic rings. The second kappa shape index (κ2) is 9.92. The molecule has 174 valence electrons. The first kappa shape index (κ1) is 25.0. The van der Waals surface area contributed by atoms with Gasteiger partial charge in [-0.15, -0.1) is 0 Å². The van der Waals surface area contributed by atoms with Crippen LogP contribution in [0.1, 0.15) is 18.5 Å². The molecule has 3 heterocycles. The van der Waals surface area contributed by atoms with Crippen LogP contribution in [-0.4, -0.2) is 79.5 Å². The molecule has 0 spiro atoms. The van der Waals surface area contributed by atoms with Crippen molar-refractivity contribution in [3.05, 3.63) is 30.1 Å². The third-order valence-electron chi connectivity index (χ3n) is 5.14. The summed E-state index contributed by atoms with van der Waals surface area (Å²) in [5.74, 6) is -2.87. The van der Waals surface area contributed by atoms with Gasteiger partial charge in [-0.05, 0) is 25.0 Å². The number of nitrogens with one attached hydrogen (secondary N) is 1. The number of carbonyl (C=O) groups is 2. The fourth-order valence-electron chi connectivity index (χ4n) is 3.54. The minimum atomic E-state index is -5.08. The summed E-state index contributed by atoms with van der Waals surface area (Å²) in [7, 11) is -3.31. The largest absolute Gasteiger partial charge is 0.490 e. The fraction of sp³-hybridized carbons (Fsp3) is 0.611. The molecule has 0 aromatic carbocycles. The Morgan fingerprint density at radius 1 is 1.39 bits per heavy atom. The van der Waals surface area contributed by atoms with E-state index in [0.717, 1.165) is 5.69 Å². The van der Waals surface area contributed by atoms with Crippen molar-refractivity contribution in [3.8, 4) is 0 Å². The van der Waals surface area contributed by atoms with Crippen LogP contribution in [0.2, 0.25) is 0 Å². The summed E-state index contributed by atoms with van der Waals surface area (Å²) in [6, 6.07) is 5.68. The van der Waals surface area contributed by atoms with Gasteiger partial charge in [-0.2, -0.15) is 13.2 Å². The van der Waals surface area contributed by atoms with Crippen LogP contribution in [0.4, 0.5) is 13.2 Å². The minimum Gasteiger partial charge on any atom is -0.475 e. The lowest BCUT2D eigenvalue weighted by Gasteiger charge is -2.41. The van der Waals surface area contributed by atoms with Crippen LogP contribution in [0.15, 0.2) is 24.4 Å². The predicted octanol–water partition coefficient (Wildman–Crippen LogP) is 0.814. The second-order valence-electron chi connectivity index (χ2n) is 7.28. The third kappa shape index (κ3) is 6.61. The fourth-order valence-corrected chi connectivity index (χ4v) is 4.44. The number of rotatable bonds is 5. The first-order chi connectivity index (χ1) is 14.4. The highest BCUT2D eigenvalue weighted by Crippen LogP contribution is 2.41. The summed E-state index contributed by atoms with van der Waals surface area (Å²) in [6.45, 7) is 1.58. The Kier molecular flexibility index (Phi) is 8.00. The van der Waals surface area contributed by atoms with Crippen molar-refractivity contribution < 1.29 is 41.0 Å². The molecular formula is C18H24F3N3O6S. The molecule has 0 radical (unpaired) electrons. The van der Waals surface area contributed by atoms with Crippen LogP contribution in [0, 0.1) is 5.41 Å². The van der Waals surface area contributed by atoms with E-state index < -0.39 is 27.6 Å². The van der Waals surface area contributed by atoms with Gasteiger partial charge >= 0.3 is 12.1 Å². The van der Waals surface area contributed by atoms with E-state index in [9.17, 15) is 26.4 Å². The van der Waals surface area contributed by atoms with E-state index in [1.54, 1.807) is 6.20 Å². The molecule has 2 fully saturated rings. The molecule has 2 N–H and O–H groups in total. The number of hydrogen-bond acceptors (Lipinski definition) is 6. The van der Waals surface area contributed by atoms with Gasteiger partial charge in [0.05, 0.1) is 17.8 Å². The van der Waals surface area contributed by atoms with E-state index in [1.165, 1.54) is 10.6 Å². The number of alkyl halides is 3. The average Bonchev–Trinajstić information content (AvgIpc) is 3.12. The monoisotopic (exact) mass is 467 g/mol. The molecule has 2 saturated heterocycles. The van der Waals surface area contributed by atoms with E-state index in [4.69, 9.17) is 14.6 Å². The first-order valence-corrected chi connectivity index (χ1v) is 11.3. The number of ether oxygens (including phenoxy) is 1. The average molecular weight is 467 g/mol. The molecule has 0 bridgehead atoms. The van der Waals surface area contributed by atoms with Crippen LogP contribution in [0.25, 0.3) is 0 Å². The number of halogens is 3. The summed E-state index contributed by atoms with van der Waals surface area (Å²) >= 11 is 0. The van der Waals surface area contributed by atoms with Gasteiger partial charge in [0.2, 0.25) is 15.9 Å². The number of hydrogen-bond donors (Lipinski definition) is 2. The number of pyridine rings is 1. The summed E-state index contributed by atoms with van der Waals surface area (Å²) < 4.78 is 62.6. The summed E-state index contributed by atoms with van der Waals surface area (Å²) in [5, 5.41) is 10.1. The molecule has 13 heteroatoms. The Bertz CT molecular complexity index is 881. The molecule has 0 unspecified atom stereocenters. The zero-order chi connectivity index (χ0) is 23.3. The van der Waals surface area contributed by atoms with E-state index in [1.807, 2.05) is 18.2 Å². The normalized spacial score (nSPS) is 23.9. The van der Waals surface area contributed by atoms with Gasteiger partial charge in [-0.25, -0.2) is 17.5 Å². The molecule has 31 heavy (non-hydrogen) atoms. The molecule has 9 nitrogen and oxygen atoms in total. The molecule has 1 aromatic rings. The number of fused-ring (bicyclic) bond motifs is 1. The van der Waals surface area contributed by atoms with E-state index in [0.29, 0.717) is 39.0 Å². The Balaban J connectivity index is 0.000000423. The predicted molar refractivity (Wildman–Crippen MR) is 102 cm³/mol. The molecule has 0 aliphatic carbocycles. The number of piperidine rings is 1. The summed E-state index contributed by atoms with van der Waals surface area (Å²) in [6.07, 6.45) is -0.619. The quantitative estimate of drug-likeness (QED) is 0.657. The van der Waals surface area contributed by atoms with Crippen molar-refractivity contribution in [3.63, 3.8) is 0 Å². The number of sulfonamides is 1. The highest BCUT2D eigenvalue weighted by molar-refractivity contribution is 7.88. The van der Waals surface area contributed by atoms with Crippen LogP contribution in [-0.2, 0) is 30.8 Å². The SMILES string of the molecule is CS(=O)(=O)N1CC[C@H]2OCC[C@@]2(C(=O)NCCc2ccccn2)C1.O=C(O)C(F)(F)F. The van der Waals surface area contributed by atoms with Crippen molar-refractivity contribution in [2.45, 2.75) is 31.5 Å². The lowest BCUT2D eigenvalue weighted by Crippen LogP contribution is -2.58. The van der Waals surface area contributed by atoms with Crippen molar-refractivity contribution in [2.75, 3.05) is 32.5 Å². The molecular weight excluding hydrogens is 443 g/mol. The van der Waals surface area contributed by atoms with Crippen molar-refractivity contribution >= 4 is 21.9 Å². The number of carboxylic acids is 1. The topological polar surface area (TPSA) is 126 Å². The zero-order valence-electron chi connectivity index (χ0n) is 16.8. The lowest BCUT2D eigenvalue weighted by atomic mass is 9.76. The maximum atomic E-state index is 12.8. The van der Waals surface area contributed by atoms with Gasteiger partial charge in [-0.1, -0.05) is 6.07 Å². The lowest BCUT2D eigenvalue weighted by molar-refractivity contribution is -0.192. The number of carbonyl (C=O) groups excluding carboxylic acids is 1. The number of carboxylic acid groups (broad SMARTS) is 1. The molecule has 1 aromatic heterocycles.